The number of nitro benzene ring substituents is 1. The van der Waals surface area contributed by atoms with Crippen LogP contribution in [0.15, 0.2) is 45.7 Å². The van der Waals surface area contributed by atoms with E-state index in [1.54, 1.807) is 35.4 Å². The zero-order valence-corrected chi connectivity index (χ0v) is 17.2. The van der Waals surface area contributed by atoms with E-state index in [0.717, 1.165) is 26.2 Å². The maximum absolute atomic E-state index is 12.9. The number of furan rings is 1. The Balaban J connectivity index is 1.53. The lowest BCUT2D eigenvalue weighted by Gasteiger charge is -2.37. The standard InChI is InChI=1S/C19H18N4O4S2/c1-20-7-9-21(10-8-20)22-18(24)17(29-19(22)28)12-15-5-6-16(27-15)13-3-2-4-14(11-13)23(25)26/h2-6,11-12H,7-10H2,1H3/b17-12-. The highest BCUT2D eigenvalue weighted by Crippen LogP contribution is 2.35. The molecule has 10 heteroatoms. The molecule has 2 aliphatic rings. The molecule has 0 atom stereocenters. The number of thioether (sulfide) groups is 1. The summed E-state index contributed by atoms with van der Waals surface area (Å²) >= 11 is 6.67. The van der Waals surface area contributed by atoms with Gasteiger partial charge in [0.1, 0.15) is 11.5 Å². The summed E-state index contributed by atoms with van der Waals surface area (Å²) in [5, 5.41) is 14.5. The van der Waals surface area contributed by atoms with Gasteiger partial charge in [0.25, 0.3) is 11.6 Å². The van der Waals surface area contributed by atoms with Crippen molar-refractivity contribution < 1.29 is 14.1 Å². The summed E-state index contributed by atoms with van der Waals surface area (Å²) in [6.07, 6.45) is 1.66. The van der Waals surface area contributed by atoms with E-state index in [2.05, 4.69) is 11.9 Å². The lowest BCUT2D eigenvalue weighted by Crippen LogP contribution is -2.54. The van der Waals surface area contributed by atoms with E-state index in [1.807, 2.05) is 5.01 Å². The van der Waals surface area contributed by atoms with Gasteiger partial charge in [0.2, 0.25) is 0 Å². The highest BCUT2D eigenvalue weighted by Gasteiger charge is 2.37. The average molecular weight is 431 g/mol. The van der Waals surface area contributed by atoms with Crippen molar-refractivity contribution in [3.63, 3.8) is 0 Å². The average Bonchev–Trinajstić information content (AvgIpc) is 3.28. The number of nitro groups is 1. The maximum atomic E-state index is 12.9. The van der Waals surface area contributed by atoms with Gasteiger partial charge in [0.05, 0.1) is 9.83 Å². The Kier molecular flexibility index (Phi) is 5.50. The number of hydrogen-bond donors (Lipinski definition) is 0. The third-order valence-corrected chi connectivity index (χ3v) is 6.06. The quantitative estimate of drug-likeness (QED) is 0.316. The van der Waals surface area contributed by atoms with Crippen LogP contribution in [0.5, 0.6) is 0 Å². The van der Waals surface area contributed by atoms with Crippen LogP contribution in [0.3, 0.4) is 0 Å². The largest absolute Gasteiger partial charge is 0.457 e. The van der Waals surface area contributed by atoms with E-state index in [9.17, 15) is 14.9 Å². The molecule has 4 rings (SSSR count). The summed E-state index contributed by atoms with van der Waals surface area (Å²) < 4.78 is 6.31. The smallest absolute Gasteiger partial charge is 0.281 e. The van der Waals surface area contributed by atoms with Gasteiger partial charge in [-0.15, -0.1) is 0 Å². The maximum Gasteiger partial charge on any atom is 0.281 e. The number of thiocarbonyl (C=S) groups is 1. The van der Waals surface area contributed by atoms with Crippen molar-refractivity contribution in [2.45, 2.75) is 0 Å². The molecule has 29 heavy (non-hydrogen) atoms. The van der Waals surface area contributed by atoms with Crippen molar-refractivity contribution in [2.75, 3.05) is 33.2 Å². The summed E-state index contributed by atoms with van der Waals surface area (Å²) in [6, 6.07) is 9.69. The molecule has 0 spiro atoms. The van der Waals surface area contributed by atoms with Gasteiger partial charge in [-0.2, -0.15) is 0 Å². The van der Waals surface area contributed by atoms with Gasteiger partial charge in [-0.3, -0.25) is 14.9 Å². The molecule has 0 N–H and O–H groups in total. The van der Waals surface area contributed by atoms with E-state index < -0.39 is 4.92 Å². The fourth-order valence-electron chi connectivity index (χ4n) is 3.19. The first-order valence-corrected chi connectivity index (χ1v) is 10.2. The van der Waals surface area contributed by atoms with E-state index in [4.69, 9.17) is 16.6 Å². The van der Waals surface area contributed by atoms with Gasteiger partial charge in [0.15, 0.2) is 4.32 Å². The number of hydrogen-bond acceptors (Lipinski definition) is 8. The molecule has 0 radical (unpaired) electrons. The monoisotopic (exact) mass is 430 g/mol. The van der Waals surface area contributed by atoms with Crippen molar-refractivity contribution in [3.05, 3.63) is 57.2 Å². The zero-order valence-electron chi connectivity index (χ0n) is 15.6. The first-order chi connectivity index (χ1) is 13.9. The third-order valence-electron chi connectivity index (χ3n) is 4.78. The Hall–Kier alpha value is -2.53. The number of likely N-dealkylation sites (N-methyl/N-ethyl adjacent to an activating group) is 1. The van der Waals surface area contributed by atoms with E-state index >= 15 is 0 Å². The molecule has 8 nitrogen and oxygen atoms in total. The van der Waals surface area contributed by atoms with Crippen LogP contribution in [-0.2, 0) is 4.79 Å². The highest BCUT2D eigenvalue weighted by atomic mass is 32.2. The van der Waals surface area contributed by atoms with Gasteiger partial charge in [-0.25, -0.2) is 10.0 Å². The molecule has 2 fully saturated rings. The normalized spacial score (nSPS) is 20.0. The summed E-state index contributed by atoms with van der Waals surface area (Å²) in [4.78, 5) is 26.1. The van der Waals surface area contributed by atoms with Crippen molar-refractivity contribution >= 4 is 46.0 Å². The molecule has 0 saturated carbocycles. The molecule has 1 aromatic heterocycles. The Morgan fingerprint density at radius 2 is 1.97 bits per heavy atom. The number of rotatable bonds is 4. The molecule has 3 heterocycles. The van der Waals surface area contributed by atoms with Crippen LogP contribution in [0, 0.1) is 10.1 Å². The lowest BCUT2D eigenvalue weighted by molar-refractivity contribution is -0.384. The summed E-state index contributed by atoms with van der Waals surface area (Å²) in [6.45, 7) is 3.24. The number of non-ortho nitro benzene ring substituents is 1. The zero-order chi connectivity index (χ0) is 20.5. The predicted molar refractivity (Wildman–Crippen MR) is 115 cm³/mol. The second-order valence-corrected chi connectivity index (χ2v) is 8.44. The number of amides is 1. The fraction of sp³-hybridized carbons (Fsp3) is 0.263. The van der Waals surface area contributed by atoms with Gasteiger partial charge < -0.3 is 9.32 Å². The molecule has 0 unspecified atom stereocenters. The molecule has 150 valence electrons. The molecule has 2 aliphatic heterocycles. The van der Waals surface area contributed by atoms with Crippen LogP contribution < -0.4 is 0 Å². The highest BCUT2D eigenvalue weighted by molar-refractivity contribution is 8.26. The van der Waals surface area contributed by atoms with Crippen molar-refractivity contribution in [1.29, 1.82) is 0 Å². The molecular weight excluding hydrogens is 412 g/mol. The van der Waals surface area contributed by atoms with Crippen LogP contribution in [0.25, 0.3) is 17.4 Å². The van der Waals surface area contributed by atoms with E-state index in [0.29, 0.717) is 26.3 Å². The van der Waals surface area contributed by atoms with Crippen LogP contribution in [0.2, 0.25) is 0 Å². The van der Waals surface area contributed by atoms with Crippen molar-refractivity contribution in [2.24, 2.45) is 0 Å². The molecule has 1 amide bonds. The SMILES string of the molecule is CN1CCN(N2C(=O)/C(=C/c3ccc(-c4cccc([N+](=O)[O-])c4)o3)SC2=S)CC1. The fourth-order valence-corrected chi connectivity index (χ4v) is 4.48. The Morgan fingerprint density at radius 3 is 2.69 bits per heavy atom. The number of carbonyl (C=O) groups is 1. The van der Waals surface area contributed by atoms with Crippen LogP contribution in [0.1, 0.15) is 5.76 Å². The van der Waals surface area contributed by atoms with Crippen LogP contribution in [-0.4, -0.2) is 63.3 Å². The summed E-state index contributed by atoms with van der Waals surface area (Å²) in [7, 11) is 2.05. The van der Waals surface area contributed by atoms with Gasteiger partial charge in [0, 0.05) is 50.0 Å². The first-order valence-electron chi connectivity index (χ1n) is 8.98. The second-order valence-electron chi connectivity index (χ2n) is 6.76. The molecular formula is C19H18N4O4S2. The summed E-state index contributed by atoms with van der Waals surface area (Å²) in [5.41, 5.74) is 0.595. The topological polar surface area (TPSA) is 83.1 Å². The number of piperazine rings is 1. The van der Waals surface area contributed by atoms with Gasteiger partial charge >= 0.3 is 0 Å². The van der Waals surface area contributed by atoms with Gasteiger partial charge in [-0.1, -0.05) is 36.1 Å². The van der Waals surface area contributed by atoms with Gasteiger partial charge in [-0.05, 0) is 19.2 Å². The van der Waals surface area contributed by atoms with Crippen LogP contribution >= 0.6 is 24.0 Å². The van der Waals surface area contributed by atoms with Crippen molar-refractivity contribution in [1.82, 2.24) is 14.9 Å². The first kappa shape index (κ1) is 19.8. The Morgan fingerprint density at radius 1 is 1.21 bits per heavy atom. The predicted octanol–water partition coefficient (Wildman–Crippen LogP) is 3.22. The second kappa shape index (κ2) is 8.07. The van der Waals surface area contributed by atoms with E-state index in [-0.39, 0.29) is 11.6 Å². The van der Waals surface area contributed by atoms with Crippen molar-refractivity contribution in [3.8, 4) is 11.3 Å². The minimum Gasteiger partial charge on any atom is -0.457 e. The minimum atomic E-state index is -0.447. The Bertz CT molecular complexity index is 1010. The number of carbonyl (C=O) groups excluding carboxylic acids is 1. The third kappa shape index (κ3) is 4.10. The minimum absolute atomic E-state index is 0.00602. The molecule has 0 aliphatic carbocycles. The molecule has 0 bridgehead atoms. The number of nitrogens with zero attached hydrogens (tertiary/aromatic N) is 4. The molecule has 2 saturated heterocycles. The number of benzene rings is 1. The lowest BCUT2D eigenvalue weighted by atomic mass is 10.1. The van der Waals surface area contributed by atoms with Crippen LogP contribution in [0.4, 0.5) is 5.69 Å². The molecule has 2 aromatic rings. The van der Waals surface area contributed by atoms with E-state index in [1.165, 1.54) is 23.9 Å². The number of hydrazine groups is 1. The summed E-state index contributed by atoms with van der Waals surface area (Å²) in [5.74, 6) is 0.831. The molecule has 1 aromatic carbocycles. The Labute approximate surface area is 176 Å².